The molecule has 0 spiro atoms. The van der Waals surface area contributed by atoms with Gasteiger partial charge in [0.05, 0.1) is 15.9 Å². The number of hydrogen-bond donors (Lipinski definition) is 2. The van der Waals surface area contributed by atoms with Crippen molar-refractivity contribution < 1.29 is 0 Å². The van der Waals surface area contributed by atoms with Crippen molar-refractivity contribution in [1.29, 1.82) is 0 Å². The molecule has 0 radical (unpaired) electrons. The molecule has 1 saturated heterocycles. The van der Waals surface area contributed by atoms with E-state index in [1.807, 2.05) is 0 Å². The summed E-state index contributed by atoms with van der Waals surface area (Å²) in [7, 11) is 0. The van der Waals surface area contributed by atoms with E-state index in [0.29, 0.717) is 11.8 Å². The minimum absolute atomic E-state index is 0.660. The third-order valence-electron chi connectivity index (χ3n) is 4.25. The maximum absolute atomic E-state index is 4.58. The first-order chi connectivity index (χ1) is 8.36. The molecule has 1 aliphatic heterocycles. The Kier molecular flexibility index (Phi) is 3.52. The summed E-state index contributed by atoms with van der Waals surface area (Å²) in [4.78, 5) is 0. The quantitative estimate of drug-likeness (QED) is 0.879. The van der Waals surface area contributed by atoms with Crippen LogP contribution in [0.2, 0.25) is 0 Å². The summed E-state index contributed by atoms with van der Waals surface area (Å²) in [6, 6.07) is 0. The molecule has 0 amide bonds. The Morgan fingerprint density at radius 1 is 1.00 bits per heavy atom. The van der Waals surface area contributed by atoms with Crippen molar-refractivity contribution >= 4 is 15.9 Å². The molecule has 3 rings (SSSR count). The molecule has 2 N–H and O–H groups in total. The molecule has 4 heteroatoms. The van der Waals surface area contributed by atoms with Crippen LogP contribution in [0.1, 0.15) is 61.7 Å². The van der Waals surface area contributed by atoms with E-state index in [4.69, 9.17) is 0 Å². The van der Waals surface area contributed by atoms with Crippen molar-refractivity contribution in [3.63, 3.8) is 0 Å². The van der Waals surface area contributed by atoms with Gasteiger partial charge in [0.25, 0.3) is 0 Å². The van der Waals surface area contributed by atoms with E-state index in [9.17, 15) is 0 Å². The highest BCUT2D eigenvalue weighted by molar-refractivity contribution is 9.10. The van der Waals surface area contributed by atoms with Crippen LogP contribution in [0.3, 0.4) is 0 Å². The van der Waals surface area contributed by atoms with Crippen LogP contribution < -0.4 is 5.32 Å². The number of halogens is 1. The normalized spacial score (nSPS) is 23.4. The Morgan fingerprint density at radius 3 is 2.41 bits per heavy atom. The van der Waals surface area contributed by atoms with E-state index >= 15 is 0 Å². The van der Waals surface area contributed by atoms with E-state index in [0.717, 1.165) is 13.1 Å². The second kappa shape index (κ2) is 5.11. The lowest BCUT2D eigenvalue weighted by molar-refractivity contribution is 0.452. The highest BCUT2D eigenvalue weighted by atomic mass is 79.9. The first-order valence-corrected chi connectivity index (χ1v) is 7.60. The van der Waals surface area contributed by atoms with E-state index in [-0.39, 0.29) is 0 Å². The number of piperidine rings is 1. The fraction of sp³-hybridized carbons (Fsp3) is 0.769. The van der Waals surface area contributed by atoms with Gasteiger partial charge < -0.3 is 5.32 Å². The molecule has 17 heavy (non-hydrogen) atoms. The summed E-state index contributed by atoms with van der Waals surface area (Å²) < 4.78 is 1.27. The largest absolute Gasteiger partial charge is 0.317 e. The minimum Gasteiger partial charge on any atom is -0.317 e. The SMILES string of the molecule is Brc1c(C2CCCC2)n[nH]c1C1CCNCC1. The van der Waals surface area contributed by atoms with Gasteiger partial charge in [-0.15, -0.1) is 0 Å². The molecule has 2 aliphatic rings. The molecular formula is C13H20BrN3. The van der Waals surface area contributed by atoms with Gasteiger partial charge in [-0.05, 0) is 54.7 Å². The van der Waals surface area contributed by atoms with Crippen molar-refractivity contribution in [3.8, 4) is 0 Å². The molecule has 0 aromatic carbocycles. The standard InChI is InChI=1S/C13H20BrN3/c14-11-12(9-3-1-2-4-9)16-17-13(11)10-5-7-15-8-6-10/h9-10,15H,1-8H2,(H,16,17). The molecule has 2 heterocycles. The molecule has 94 valence electrons. The van der Waals surface area contributed by atoms with E-state index in [1.165, 1.54) is 54.4 Å². The van der Waals surface area contributed by atoms with E-state index in [2.05, 4.69) is 31.4 Å². The smallest absolute Gasteiger partial charge is 0.0798 e. The zero-order chi connectivity index (χ0) is 11.7. The van der Waals surface area contributed by atoms with Gasteiger partial charge in [0, 0.05) is 11.8 Å². The lowest BCUT2D eigenvalue weighted by atomic mass is 9.93. The van der Waals surface area contributed by atoms with Crippen LogP contribution in [0.5, 0.6) is 0 Å². The molecule has 0 bridgehead atoms. The molecule has 0 atom stereocenters. The van der Waals surface area contributed by atoms with Gasteiger partial charge in [-0.2, -0.15) is 5.10 Å². The average molecular weight is 298 g/mol. The highest BCUT2D eigenvalue weighted by Gasteiger charge is 2.27. The first kappa shape index (κ1) is 11.7. The van der Waals surface area contributed by atoms with E-state index in [1.54, 1.807) is 0 Å². The second-order valence-corrected chi connectivity index (χ2v) is 6.14. The predicted molar refractivity (Wildman–Crippen MR) is 72.3 cm³/mol. The highest BCUT2D eigenvalue weighted by Crippen LogP contribution is 2.40. The van der Waals surface area contributed by atoms with Crippen LogP contribution >= 0.6 is 15.9 Å². The fourth-order valence-corrected chi connectivity index (χ4v) is 4.03. The van der Waals surface area contributed by atoms with Crippen molar-refractivity contribution in [2.75, 3.05) is 13.1 Å². The van der Waals surface area contributed by atoms with Crippen molar-refractivity contribution in [2.24, 2.45) is 0 Å². The molecule has 1 aromatic heterocycles. The van der Waals surface area contributed by atoms with Gasteiger partial charge in [-0.25, -0.2) is 0 Å². The predicted octanol–water partition coefficient (Wildman–Crippen LogP) is 3.30. The Hall–Kier alpha value is -0.350. The van der Waals surface area contributed by atoms with Gasteiger partial charge in [-0.1, -0.05) is 12.8 Å². The minimum atomic E-state index is 0.660. The van der Waals surface area contributed by atoms with Crippen LogP contribution in [0.4, 0.5) is 0 Å². The van der Waals surface area contributed by atoms with Crippen LogP contribution in [0, 0.1) is 0 Å². The third kappa shape index (κ3) is 2.29. The Balaban J connectivity index is 1.80. The molecule has 1 saturated carbocycles. The topological polar surface area (TPSA) is 40.7 Å². The van der Waals surface area contributed by atoms with Gasteiger partial charge in [0.2, 0.25) is 0 Å². The van der Waals surface area contributed by atoms with Crippen LogP contribution in [-0.4, -0.2) is 23.3 Å². The van der Waals surface area contributed by atoms with Crippen molar-refractivity contribution in [1.82, 2.24) is 15.5 Å². The third-order valence-corrected chi connectivity index (χ3v) is 5.08. The van der Waals surface area contributed by atoms with Gasteiger partial charge in [-0.3, -0.25) is 5.10 Å². The van der Waals surface area contributed by atoms with Gasteiger partial charge in [0.15, 0.2) is 0 Å². The number of rotatable bonds is 2. The molecule has 1 aliphatic carbocycles. The molecule has 3 nitrogen and oxygen atoms in total. The lowest BCUT2D eigenvalue weighted by Crippen LogP contribution is -2.26. The maximum atomic E-state index is 4.58. The van der Waals surface area contributed by atoms with Crippen molar-refractivity contribution in [3.05, 3.63) is 15.9 Å². The first-order valence-electron chi connectivity index (χ1n) is 6.80. The second-order valence-electron chi connectivity index (χ2n) is 5.34. The number of nitrogens with one attached hydrogen (secondary N) is 2. The summed E-state index contributed by atoms with van der Waals surface area (Å²) in [5.41, 5.74) is 2.63. The van der Waals surface area contributed by atoms with Crippen LogP contribution in [0.25, 0.3) is 0 Å². The van der Waals surface area contributed by atoms with Crippen LogP contribution in [0.15, 0.2) is 4.47 Å². The maximum Gasteiger partial charge on any atom is 0.0798 e. The van der Waals surface area contributed by atoms with Crippen LogP contribution in [-0.2, 0) is 0 Å². The summed E-state index contributed by atoms with van der Waals surface area (Å²) in [5, 5.41) is 11.3. The Morgan fingerprint density at radius 2 is 1.71 bits per heavy atom. The summed E-state index contributed by atoms with van der Waals surface area (Å²) in [5.74, 6) is 1.35. The number of hydrogen-bond acceptors (Lipinski definition) is 2. The molecule has 0 unspecified atom stereocenters. The van der Waals surface area contributed by atoms with Gasteiger partial charge >= 0.3 is 0 Å². The monoisotopic (exact) mass is 297 g/mol. The zero-order valence-corrected chi connectivity index (χ0v) is 11.7. The lowest BCUT2D eigenvalue weighted by Gasteiger charge is -2.21. The summed E-state index contributed by atoms with van der Waals surface area (Å²) in [6.07, 6.45) is 7.82. The molecular weight excluding hydrogens is 278 g/mol. The number of nitrogens with zero attached hydrogens (tertiary/aromatic N) is 1. The Labute approximate surface area is 111 Å². The van der Waals surface area contributed by atoms with Crippen molar-refractivity contribution in [2.45, 2.75) is 50.4 Å². The number of aromatic nitrogens is 2. The number of aromatic amines is 1. The summed E-state index contributed by atoms with van der Waals surface area (Å²) in [6.45, 7) is 2.27. The summed E-state index contributed by atoms with van der Waals surface area (Å²) >= 11 is 3.78. The Bertz CT molecular complexity index is 376. The van der Waals surface area contributed by atoms with Gasteiger partial charge in [0.1, 0.15) is 0 Å². The molecule has 2 fully saturated rings. The number of H-pyrrole nitrogens is 1. The fourth-order valence-electron chi connectivity index (χ4n) is 3.21. The zero-order valence-electron chi connectivity index (χ0n) is 10.1. The molecule has 1 aromatic rings. The van der Waals surface area contributed by atoms with E-state index < -0.39 is 0 Å². The average Bonchev–Trinajstić information content (AvgIpc) is 2.99.